The topological polar surface area (TPSA) is 119 Å². The number of nitrogens with zero attached hydrogens (tertiary/aromatic N) is 4. The Morgan fingerprint density at radius 3 is 2.68 bits per heavy atom. The molecule has 4 rings (SSSR count). The summed E-state index contributed by atoms with van der Waals surface area (Å²) in [6.07, 6.45) is 1.58. The molecule has 12 heteroatoms. The highest BCUT2D eigenvalue weighted by Crippen LogP contribution is 2.21. The number of nitrogens with one attached hydrogen (secondary N) is 2. The monoisotopic (exact) mass is 539 g/mol. The van der Waals surface area contributed by atoms with Crippen LogP contribution in [0.15, 0.2) is 83.1 Å². The maximum Gasteiger partial charge on any atom is 0.264 e. The minimum atomic E-state index is -0.326. The summed E-state index contributed by atoms with van der Waals surface area (Å²) in [5.74, 6) is 6.39. The maximum absolute atomic E-state index is 13.0. The third kappa shape index (κ3) is 7.45. The molecule has 0 aliphatic heterocycles. The van der Waals surface area contributed by atoms with E-state index in [1.54, 1.807) is 18.3 Å². The van der Waals surface area contributed by atoms with E-state index in [1.165, 1.54) is 16.8 Å². The summed E-state index contributed by atoms with van der Waals surface area (Å²) in [5.41, 5.74) is 5.15. The van der Waals surface area contributed by atoms with Gasteiger partial charge in [-0.05, 0) is 35.9 Å². The molecule has 1 amide bonds. The summed E-state index contributed by atoms with van der Waals surface area (Å²) in [4.78, 5) is 12.1. The van der Waals surface area contributed by atoms with Crippen molar-refractivity contribution < 1.29 is 13.9 Å². The van der Waals surface area contributed by atoms with Crippen molar-refractivity contribution in [3.05, 3.63) is 100 Å². The molecule has 0 radical (unpaired) electrons. The van der Waals surface area contributed by atoms with E-state index in [4.69, 9.17) is 22.2 Å². The molecule has 0 spiro atoms. The summed E-state index contributed by atoms with van der Waals surface area (Å²) in [7, 11) is 0. The Bertz CT molecular complexity index is 1380. The van der Waals surface area contributed by atoms with Gasteiger partial charge in [-0.15, -0.1) is 10.2 Å². The third-order valence-electron chi connectivity index (χ3n) is 5.03. The average molecular weight is 540 g/mol. The molecule has 4 N–H and O–H groups in total. The van der Waals surface area contributed by atoms with Gasteiger partial charge in [0.15, 0.2) is 0 Å². The van der Waals surface area contributed by atoms with Crippen molar-refractivity contribution >= 4 is 41.4 Å². The highest BCUT2D eigenvalue weighted by molar-refractivity contribution is 7.99. The summed E-state index contributed by atoms with van der Waals surface area (Å²) in [6, 6.07) is 20.8. The SMILES string of the molecule is Nn1c(N/N=C/c2ccccc2OCc2ccccc2Cl)nnc1SCC(=O)NCc1ccc(F)cc1. The highest BCUT2D eigenvalue weighted by Gasteiger charge is 2.12. The summed E-state index contributed by atoms with van der Waals surface area (Å²) in [6.45, 7) is 0.604. The zero-order chi connectivity index (χ0) is 26.0. The van der Waals surface area contributed by atoms with Crippen molar-refractivity contribution in [1.29, 1.82) is 0 Å². The van der Waals surface area contributed by atoms with Crippen molar-refractivity contribution in [1.82, 2.24) is 20.2 Å². The molecule has 9 nitrogen and oxygen atoms in total. The lowest BCUT2D eigenvalue weighted by Gasteiger charge is -2.10. The normalized spacial score (nSPS) is 11.0. The quantitative estimate of drug-likeness (QED) is 0.113. The van der Waals surface area contributed by atoms with Gasteiger partial charge in [0.05, 0.1) is 12.0 Å². The van der Waals surface area contributed by atoms with Crippen LogP contribution in [-0.2, 0) is 17.9 Å². The number of amides is 1. The Kier molecular flexibility index (Phi) is 8.95. The summed E-state index contributed by atoms with van der Waals surface area (Å²) < 4.78 is 20.1. The molecule has 0 bridgehead atoms. The van der Waals surface area contributed by atoms with Gasteiger partial charge in [0.2, 0.25) is 11.1 Å². The van der Waals surface area contributed by atoms with E-state index in [0.717, 1.165) is 28.5 Å². The first-order chi connectivity index (χ1) is 18.0. The first-order valence-corrected chi connectivity index (χ1v) is 12.4. The van der Waals surface area contributed by atoms with Gasteiger partial charge < -0.3 is 15.9 Å². The van der Waals surface area contributed by atoms with Crippen LogP contribution in [0.5, 0.6) is 5.75 Å². The highest BCUT2D eigenvalue weighted by atomic mass is 35.5. The van der Waals surface area contributed by atoms with Crippen LogP contribution in [0.2, 0.25) is 5.02 Å². The van der Waals surface area contributed by atoms with Crippen LogP contribution in [-0.4, -0.2) is 32.7 Å². The van der Waals surface area contributed by atoms with E-state index >= 15 is 0 Å². The second kappa shape index (κ2) is 12.7. The first kappa shape index (κ1) is 26.0. The Morgan fingerprint density at radius 2 is 1.86 bits per heavy atom. The fourth-order valence-corrected chi connectivity index (χ4v) is 3.96. The van der Waals surface area contributed by atoms with Gasteiger partial charge in [0.1, 0.15) is 18.2 Å². The number of hydrazone groups is 1. The zero-order valence-corrected chi connectivity index (χ0v) is 21.0. The number of carbonyl (C=O) groups is 1. The fourth-order valence-electron chi connectivity index (χ4n) is 3.08. The first-order valence-electron chi connectivity index (χ1n) is 11.1. The lowest BCUT2D eigenvalue weighted by atomic mass is 10.2. The predicted octanol–water partition coefficient (Wildman–Crippen LogP) is 4.22. The lowest BCUT2D eigenvalue weighted by Crippen LogP contribution is -2.25. The molecule has 1 aromatic heterocycles. The van der Waals surface area contributed by atoms with Gasteiger partial charge in [0.25, 0.3) is 5.95 Å². The number of carbonyl (C=O) groups excluding carboxylic acids is 1. The molecule has 190 valence electrons. The van der Waals surface area contributed by atoms with Crippen LogP contribution in [0.1, 0.15) is 16.7 Å². The van der Waals surface area contributed by atoms with E-state index in [1.807, 2.05) is 48.5 Å². The molecule has 3 aromatic carbocycles. The molecule has 37 heavy (non-hydrogen) atoms. The van der Waals surface area contributed by atoms with Crippen molar-refractivity contribution in [2.45, 2.75) is 18.3 Å². The molecule has 0 aliphatic rings. The van der Waals surface area contributed by atoms with Crippen LogP contribution >= 0.6 is 23.4 Å². The molecule has 0 saturated heterocycles. The van der Waals surface area contributed by atoms with E-state index in [0.29, 0.717) is 29.1 Å². The number of aromatic nitrogens is 3. The Hall–Kier alpha value is -4.09. The molecule has 0 unspecified atom stereocenters. The molecular formula is C25H23ClFN7O2S. The Labute approximate surface area is 221 Å². The van der Waals surface area contributed by atoms with Gasteiger partial charge in [-0.1, -0.05) is 65.8 Å². The molecule has 0 atom stereocenters. The van der Waals surface area contributed by atoms with Crippen molar-refractivity contribution in [3.8, 4) is 5.75 Å². The third-order valence-corrected chi connectivity index (χ3v) is 6.34. The van der Waals surface area contributed by atoms with Crippen LogP contribution in [0.4, 0.5) is 10.3 Å². The zero-order valence-electron chi connectivity index (χ0n) is 19.5. The largest absolute Gasteiger partial charge is 0.488 e. The average Bonchev–Trinajstić information content (AvgIpc) is 3.26. The van der Waals surface area contributed by atoms with E-state index < -0.39 is 0 Å². The second-order valence-electron chi connectivity index (χ2n) is 7.66. The standard InChI is InChI=1S/C25H23ClFN7O2S/c26-21-7-3-1-6-19(21)15-36-22-8-4-2-5-18(22)14-30-31-24-32-33-25(34(24)28)37-16-23(35)29-13-17-9-11-20(27)12-10-17/h1-12,14H,13,15-16,28H2,(H,29,35)(H,31,32)/b30-14+. The molecule has 0 saturated carbocycles. The van der Waals surface area contributed by atoms with Crippen LogP contribution in [0.25, 0.3) is 0 Å². The lowest BCUT2D eigenvalue weighted by molar-refractivity contribution is -0.118. The van der Waals surface area contributed by atoms with Crippen molar-refractivity contribution in [2.24, 2.45) is 5.10 Å². The number of nitrogens with two attached hydrogens (primary N) is 1. The predicted molar refractivity (Wildman–Crippen MR) is 143 cm³/mol. The number of ether oxygens (including phenoxy) is 1. The van der Waals surface area contributed by atoms with Gasteiger partial charge in [-0.3, -0.25) is 4.79 Å². The second-order valence-corrected chi connectivity index (χ2v) is 9.01. The number of nitrogen functional groups attached to an aromatic ring is 1. The van der Waals surface area contributed by atoms with Crippen molar-refractivity contribution in [2.75, 3.05) is 17.0 Å². The molecule has 0 aliphatic carbocycles. The number of thioether (sulfide) groups is 1. The van der Waals surface area contributed by atoms with Crippen LogP contribution in [0, 0.1) is 5.82 Å². The Balaban J connectivity index is 1.28. The van der Waals surface area contributed by atoms with Gasteiger partial charge in [-0.25, -0.2) is 14.5 Å². The summed E-state index contributed by atoms with van der Waals surface area (Å²) in [5, 5.41) is 15.9. The van der Waals surface area contributed by atoms with Crippen molar-refractivity contribution in [3.63, 3.8) is 0 Å². The smallest absolute Gasteiger partial charge is 0.264 e. The molecular weight excluding hydrogens is 517 g/mol. The minimum Gasteiger partial charge on any atom is -0.488 e. The number of hydrogen-bond acceptors (Lipinski definition) is 8. The van der Waals surface area contributed by atoms with Crippen LogP contribution < -0.4 is 21.3 Å². The maximum atomic E-state index is 13.0. The number of halogens is 2. The molecule has 0 fully saturated rings. The fraction of sp³-hybridized carbons (Fsp3) is 0.120. The Morgan fingerprint density at radius 1 is 1.11 bits per heavy atom. The summed E-state index contributed by atoms with van der Waals surface area (Å²) >= 11 is 7.33. The number of rotatable bonds is 11. The van der Waals surface area contributed by atoms with Gasteiger partial charge >= 0.3 is 0 Å². The van der Waals surface area contributed by atoms with E-state index in [9.17, 15) is 9.18 Å². The number of benzene rings is 3. The van der Waals surface area contributed by atoms with E-state index in [-0.39, 0.29) is 23.4 Å². The minimum absolute atomic E-state index is 0.0793. The van der Waals surface area contributed by atoms with Gasteiger partial charge in [0, 0.05) is 22.7 Å². The molecule has 1 heterocycles. The number of anilines is 1. The molecule has 4 aromatic rings. The van der Waals surface area contributed by atoms with Gasteiger partial charge in [-0.2, -0.15) is 5.10 Å². The number of hydrogen-bond donors (Lipinski definition) is 3. The van der Waals surface area contributed by atoms with Crippen LogP contribution in [0.3, 0.4) is 0 Å². The number of para-hydroxylation sites is 1. The van der Waals surface area contributed by atoms with E-state index in [2.05, 4.69) is 26.0 Å².